The number of rotatable bonds is 9. The molecule has 1 N–H and O–H groups in total. The Morgan fingerprint density at radius 3 is 2.52 bits per heavy atom. The lowest BCUT2D eigenvalue weighted by molar-refractivity contribution is 0.289. The van der Waals surface area contributed by atoms with Gasteiger partial charge in [0.25, 0.3) is 0 Å². The van der Waals surface area contributed by atoms with Gasteiger partial charge in [0.15, 0.2) is 0 Å². The number of ether oxygens (including phenoxy) is 1. The van der Waals surface area contributed by atoms with Gasteiger partial charge in [0, 0.05) is 23.6 Å². The molecule has 0 aliphatic carbocycles. The number of furan rings is 1. The minimum Gasteiger partial charge on any atom is -0.493 e. The van der Waals surface area contributed by atoms with Crippen LogP contribution in [0.1, 0.15) is 25.7 Å². The predicted octanol–water partition coefficient (Wildman–Crippen LogP) is 5.59. The van der Waals surface area contributed by atoms with E-state index in [1.807, 2.05) is 48.5 Å². The third-order valence-electron chi connectivity index (χ3n) is 4.03. The van der Waals surface area contributed by atoms with Crippen molar-refractivity contribution in [3.05, 3.63) is 66.7 Å². The molecule has 1 heterocycles. The van der Waals surface area contributed by atoms with E-state index in [-0.39, 0.29) is 6.61 Å². The molecule has 0 unspecified atom stereocenters. The van der Waals surface area contributed by atoms with Crippen LogP contribution in [0.4, 0.5) is 0 Å². The molecule has 0 aliphatic rings. The van der Waals surface area contributed by atoms with Crippen molar-refractivity contribution in [2.45, 2.75) is 25.7 Å². The monoisotopic (exact) mass is 336 g/mol. The van der Waals surface area contributed by atoms with Crippen molar-refractivity contribution in [3.8, 4) is 17.1 Å². The van der Waals surface area contributed by atoms with E-state index in [2.05, 4.69) is 18.2 Å². The zero-order valence-corrected chi connectivity index (χ0v) is 14.4. The molecule has 130 valence electrons. The molecule has 0 saturated carbocycles. The highest BCUT2D eigenvalue weighted by atomic mass is 16.5. The fraction of sp³-hybridized carbons (Fsp3) is 0.273. The topological polar surface area (TPSA) is 42.6 Å². The Morgan fingerprint density at radius 1 is 0.920 bits per heavy atom. The number of aliphatic hydroxyl groups is 1. The van der Waals surface area contributed by atoms with Gasteiger partial charge in [-0.2, -0.15) is 0 Å². The third kappa shape index (κ3) is 4.97. The van der Waals surface area contributed by atoms with Gasteiger partial charge >= 0.3 is 0 Å². The number of allylic oxidation sites excluding steroid dienone is 2. The average Bonchev–Trinajstić information content (AvgIpc) is 3.08. The molecule has 0 saturated heterocycles. The Bertz CT molecular complexity index is 803. The van der Waals surface area contributed by atoms with Gasteiger partial charge in [-0.25, -0.2) is 0 Å². The van der Waals surface area contributed by atoms with E-state index in [0.29, 0.717) is 6.61 Å². The Hall–Kier alpha value is -2.52. The largest absolute Gasteiger partial charge is 0.493 e. The summed E-state index contributed by atoms with van der Waals surface area (Å²) in [6.45, 7) is 0.941. The first-order valence-corrected chi connectivity index (χ1v) is 8.84. The van der Waals surface area contributed by atoms with E-state index in [1.54, 1.807) is 0 Å². The number of hydrogen-bond donors (Lipinski definition) is 1. The normalized spacial score (nSPS) is 11.4. The number of benzene rings is 2. The minimum atomic E-state index is 0.259. The molecule has 1 aromatic heterocycles. The Morgan fingerprint density at radius 2 is 1.72 bits per heavy atom. The summed E-state index contributed by atoms with van der Waals surface area (Å²) in [5.74, 6) is 1.71. The maximum atomic E-state index is 8.71. The van der Waals surface area contributed by atoms with E-state index in [0.717, 1.165) is 53.7 Å². The molecular formula is C22H24O3. The second-order valence-corrected chi connectivity index (χ2v) is 6.00. The van der Waals surface area contributed by atoms with Gasteiger partial charge < -0.3 is 14.3 Å². The molecule has 25 heavy (non-hydrogen) atoms. The molecular weight excluding hydrogens is 312 g/mol. The number of hydrogen-bond acceptors (Lipinski definition) is 3. The Kier molecular flexibility index (Phi) is 6.29. The van der Waals surface area contributed by atoms with Crippen molar-refractivity contribution in [1.82, 2.24) is 0 Å². The van der Waals surface area contributed by atoms with Crippen LogP contribution >= 0.6 is 0 Å². The Labute approximate surface area is 148 Å². The first kappa shape index (κ1) is 17.3. The molecule has 0 bridgehead atoms. The maximum absolute atomic E-state index is 8.71. The summed E-state index contributed by atoms with van der Waals surface area (Å²) in [5, 5.41) is 9.79. The smallest absolute Gasteiger partial charge is 0.138 e. The highest BCUT2D eigenvalue weighted by Crippen LogP contribution is 2.30. The molecule has 3 rings (SSSR count). The van der Waals surface area contributed by atoms with E-state index in [9.17, 15) is 0 Å². The molecule has 0 atom stereocenters. The van der Waals surface area contributed by atoms with Crippen molar-refractivity contribution in [3.63, 3.8) is 0 Å². The fourth-order valence-corrected chi connectivity index (χ4v) is 2.68. The maximum Gasteiger partial charge on any atom is 0.138 e. The lowest BCUT2D eigenvalue weighted by Crippen LogP contribution is -1.96. The van der Waals surface area contributed by atoms with Crippen molar-refractivity contribution in [2.75, 3.05) is 13.2 Å². The second kappa shape index (κ2) is 9.09. The van der Waals surface area contributed by atoms with Crippen molar-refractivity contribution < 1.29 is 14.3 Å². The molecule has 0 radical (unpaired) electrons. The second-order valence-electron chi connectivity index (χ2n) is 6.00. The summed E-state index contributed by atoms with van der Waals surface area (Å²) >= 11 is 0. The lowest BCUT2D eigenvalue weighted by atomic mass is 10.1. The van der Waals surface area contributed by atoms with Gasteiger partial charge in [0.1, 0.15) is 17.1 Å². The van der Waals surface area contributed by atoms with Crippen LogP contribution in [0, 0.1) is 0 Å². The first-order valence-electron chi connectivity index (χ1n) is 8.84. The van der Waals surface area contributed by atoms with E-state index in [1.165, 1.54) is 0 Å². The van der Waals surface area contributed by atoms with Crippen LogP contribution in [0.3, 0.4) is 0 Å². The fourth-order valence-electron chi connectivity index (χ4n) is 2.68. The summed E-state index contributed by atoms with van der Waals surface area (Å²) in [7, 11) is 0. The molecule has 2 aromatic carbocycles. The highest BCUT2D eigenvalue weighted by Gasteiger charge is 2.07. The summed E-state index contributed by atoms with van der Waals surface area (Å²) < 4.78 is 11.8. The molecule has 3 aromatic rings. The third-order valence-corrected chi connectivity index (χ3v) is 4.03. The summed E-state index contributed by atoms with van der Waals surface area (Å²) in [4.78, 5) is 0. The minimum absolute atomic E-state index is 0.259. The van der Waals surface area contributed by atoms with E-state index < -0.39 is 0 Å². The van der Waals surface area contributed by atoms with Crippen LogP contribution in [-0.2, 0) is 0 Å². The molecule has 0 aliphatic heterocycles. The summed E-state index contributed by atoms with van der Waals surface area (Å²) in [5.41, 5.74) is 1.93. The van der Waals surface area contributed by atoms with Gasteiger partial charge in [-0.15, -0.1) is 0 Å². The average molecular weight is 336 g/mol. The predicted molar refractivity (Wildman–Crippen MR) is 102 cm³/mol. The van der Waals surface area contributed by atoms with Gasteiger partial charge in [0.05, 0.1) is 6.61 Å². The van der Waals surface area contributed by atoms with Crippen molar-refractivity contribution >= 4 is 11.0 Å². The van der Waals surface area contributed by atoms with Crippen LogP contribution in [-0.4, -0.2) is 18.3 Å². The SMILES string of the molecule is OCCC/C=C/CCCOc1ccc2cc(-c3ccccc3)oc2c1. The van der Waals surface area contributed by atoms with Crippen LogP contribution in [0.5, 0.6) is 5.75 Å². The number of aliphatic hydroxyl groups excluding tert-OH is 1. The van der Waals surface area contributed by atoms with Gasteiger partial charge in [-0.1, -0.05) is 42.5 Å². The Balaban J connectivity index is 1.54. The molecule has 0 fully saturated rings. The number of unbranched alkanes of at least 4 members (excludes halogenated alkanes) is 2. The summed E-state index contributed by atoms with van der Waals surface area (Å²) in [6, 6.07) is 18.2. The van der Waals surface area contributed by atoms with Crippen LogP contribution < -0.4 is 4.74 Å². The molecule has 3 nitrogen and oxygen atoms in total. The van der Waals surface area contributed by atoms with Gasteiger partial charge in [-0.05, 0) is 43.9 Å². The molecule has 0 spiro atoms. The van der Waals surface area contributed by atoms with E-state index in [4.69, 9.17) is 14.3 Å². The van der Waals surface area contributed by atoms with Crippen LogP contribution in [0.25, 0.3) is 22.3 Å². The molecule has 0 amide bonds. The zero-order chi connectivity index (χ0) is 17.3. The summed E-state index contributed by atoms with van der Waals surface area (Å²) in [6.07, 6.45) is 8.02. The van der Waals surface area contributed by atoms with Gasteiger partial charge in [0.2, 0.25) is 0 Å². The van der Waals surface area contributed by atoms with Crippen LogP contribution in [0.15, 0.2) is 71.2 Å². The van der Waals surface area contributed by atoms with Crippen molar-refractivity contribution in [2.24, 2.45) is 0 Å². The van der Waals surface area contributed by atoms with E-state index >= 15 is 0 Å². The van der Waals surface area contributed by atoms with Crippen LogP contribution in [0.2, 0.25) is 0 Å². The van der Waals surface area contributed by atoms with Gasteiger partial charge in [-0.3, -0.25) is 0 Å². The first-order chi connectivity index (χ1) is 12.4. The standard InChI is InChI=1S/C22H24O3/c23-14-8-3-1-2-4-9-15-24-20-13-12-19-16-21(25-22(19)17-20)18-10-6-5-7-11-18/h1-2,5-7,10-13,16-17,23H,3-4,8-9,14-15H2/b2-1+. The number of fused-ring (bicyclic) bond motifs is 1. The highest BCUT2D eigenvalue weighted by molar-refractivity contribution is 5.83. The zero-order valence-electron chi connectivity index (χ0n) is 14.4. The van der Waals surface area contributed by atoms with Crippen molar-refractivity contribution in [1.29, 1.82) is 0 Å². The quantitative estimate of drug-likeness (QED) is 0.409. The lowest BCUT2D eigenvalue weighted by Gasteiger charge is -2.04. The molecule has 3 heteroatoms.